The Bertz CT molecular complexity index is 704. The van der Waals surface area contributed by atoms with Gasteiger partial charge in [0.2, 0.25) is 0 Å². The number of benzene rings is 1. The Hall–Kier alpha value is -1.44. The average molecular weight is 399 g/mol. The summed E-state index contributed by atoms with van der Waals surface area (Å²) in [6.07, 6.45) is 2.38. The molecule has 8 heteroatoms. The van der Waals surface area contributed by atoms with E-state index < -0.39 is 0 Å². The van der Waals surface area contributed by atoms with Crippen molar-refractivity contribution >= 4 is 24.2 Å². The molecule has 26 heavy (non-hydrogen) atoms. The summed E-state index contributed by atoms with van der Waals surface area (Å²) in [5.41, 5.74) is 1.15. The Labute approximate surface area is 165 Å². The zero-order valence-electron chi connectivity index (χ0n) is 15.5. The van der Waals surface area contributed by atoms with Crippen molar-refractivity contribution in [1.82, 2.24) is 20.1 Å². The van der Waals surface area contributed by atoms with Crippen LogP contribution in [0.2, 0.25) is 0 Å². The van der Waals surface area contributed by atoms with Crippen molar-refractivity contribution in [2.45, 2.75) is 30.8 Å². The third-order valence-corrected chi connectivity index (χ3v) is 5.41. The van der Waals surface area contributed by atoms with Crippen molar-refractivity contribution in [2.24, 2.45) is 7.05 Å². The van der Waals surface area contributed by atoms with Gasteiger partial charge in [0.25, 0.3) is 0 Å². The van der Waals surface area contributed by atoms with Crippen LogP contribution in [0.15, 0.2) is 23.4 Å². The second-order valence-corrected chi connectivity index (χ2v) is 7.36. The summed E-state index contributed by atoms with van der Waals surface area (Å²) in [4.78, 5) is 0. The maximum absolute atomic E-state index is 5.85. The molecule has 1 aromatic carbocycles. The minimum Gasteiger partial charge on any atom is -0.493 e. The highest BCUT2D eigenvalue weighted by atomic mass is 35.5. The molecule has 1 unspecified atom stereocenters. The Morgan fingerprint density at radius 3 is 2.88 bits per heavy atom. The molecule has 0 amide bonds. The van der Waals surface area contributed by atoms with Crippen LogP contribution in [-0.4, -0.2) is 47.3 Å². The van der Waals surface area contributed by atoms with E-state index in [0.29, 0.717) is 12.5 Å². The Balaban J connectivity index is 0.00000243. The molecular weight excluding hydrogens is 372 g/mol. The van der Waals surface area contributed by atoms with Crippen molar-refractivity contribution < 1.29 is 9.47 Å². The van der Waals surface area contributed by atoms with Crippen LogP contribution in [0.4, 0.5) is 0 Å². The second-order valence-electron chi connectivity index (χ2n) is 6.29. The summed E-state index contributed by atoms with van der Waals surface area (Å²) < 4.78 is 13.3. The molecule has 1 saturated heterocycles. The van der Waals surface area contributed by atoms with E-state index in [-0.39, 0.29) is 12.4 Å². The standard InChI is InChI=1S/C18H26N4O2S.ClH/c1-13-6-7-15(16(11-13)23-3)24-9-10-25-18-21-20-17(22(18)2)14-5-4-8-19-12-14;/h6-7,11,14,19H,4-5,8-10,12H2,1-3H3;1H. The van der Waals surface area contributed by atoms with E-state index in [9.17, 15) is 0 Å². The molecule has 2 heterocycles. The van der Waals surface area contributed by atoms with Gasteiger partial charge in [-0.3, -0.25) is 0 Å². The third kappa shape index (κ3) is 5.05. The summed E-state index contributed by atoms with van der Waals surface area (Å²) in [5, 5.41) is 13.1. The van der Waals surface area contributed by atoms with E-state index in [1.165, 1.54) is 12.8 Å². The number of thioether (sulfide) groups is 1. The van der Waals surface area contributed by atoms with Crippen molar-refractivity contribution in [3.8, 4) is 11.5 Å². The second kappa shape index (κ2) is 10.0. The molecule has 0 radical (unpaired) electrons. The molecule has 2 aromatic rings. The summed E-state index contributed by atoms with van der Waals surface area (Å²) in [5.74, 6) is 3.91. The number of hydrogen-bond acceptors (Lipinski definition) is 6. The monoisotopic (exact) mass is 398 g/mol. The van der Waals surface area contributed by atoms with Gasteiger partial charge in [0.1, 0.15) is 5.82 Å². The average Bonchev–Trinajstić information content (AvgIpc) is 3.01. The minimum atomic E-state index is 0. The first-order valence-corrected chi connectivity index (χ1v) is 9.68. The van der Waals surface area contributed by atoms with Crippen LogP contribution >= 0.6 is 24.2 Å². The molecule has 1 atom stereocenters. The molecule has 0 saturated carbocycles. The third-order valence-electron chi connectivity index (χ3n) is 4.42. The van der Waals surface area contributed by atoms with Crippen molar-refractivity contribution in [3.63, 3.8) is 0 Å². The number of methoxy groups -OCH3 is 1. The number of nitrogens with one attached hydrogen (secondary N) is 1. The number of halogens is 1. The molecule has 1 aliphatic rings. The fraction of sp³-hybridized carbons (Fsp3) is 0.556. The van der Waals surface area contributed by atoms with E-state index in [2.05, 4.69) is 27.1 Å². The Morgan fingerprint density at radius 1 is 1.31 bits per heavy atom. The van der Waals surface area contributed by atoms with Crippen LogP contribution in [0, 0.1) is 6.92 Å². The number of piperidine rings is 1. The molecule has 1 fully saturated rings. The molecular formula is C18H27ClN4O2S. The van der Waals surface area contributed by atoms with Gasteiger partial charge in [-0.25, -0.2) is 0 Å². The van der Waals surface area contributed by atoms with Crippen molar-refractivity contribution in [2.75, 3.05) is 32.6 Å². The van der Waals surface area contributed by atoms with Gasteiger partial charge in [-0.05, 0) is 44.0 Å². The highest BCUT2D eigenvalue weighted by Crippen LogP contribution is 2.28. The molecule has 144 valence electrons. The van der Waals surface area contributed by atoms with Crippen LogP contribution in [0.5, 0.6) is 11.5 Å². The number of aromatic nitrogens is 3. The van der Waals surface area contributed by atoms with Crippen LogP contribution in [-0.2, 0) is 7.05 Å². The summed E-state index contributed by atoms with van der Waals surface area (Å²) >= 11 is 1.67. The van der Waals surface area contributed by atoms with Gasteiger partial charge >= 0.3 is 0 Å². The topological polar surface area (TPSA) is 61.2 Å². The van der Waals surface area contributed by atoms with Crippen LogP contribution < -0.4 is 14.8 Å². The van der Waals surface area contributed by atoms with Gasteiger partial charge in [-0.15, -0.1) is 22.6 Å². The first-order valence-electron chi connectivity index (χ1n) is 8.69. The lowest BCUT2D eigenvalue weighted by Gasteiger charge is -2.21. The molecule has 1 aliphatic heterocycles. The van der Waals surface area contributed by atoms with Crippen LogP contribution in [0.25, 0.3) is 0 Å². The van der Waals surface area contributed by atoms with Gasteiger partial charge in [-0.2, -0.15) is 0 Å². The molecule has 0 bridgehead atoms. The Kier molecular flexibility index (Phi) is 8.06. The minimum absolute atomic E-state index is 0. The molecule has 1 aromatic heterocycles. The number of nitrogens with zero attached hydrogens (tertiary/aromatic N) is 3. The lowest BCUT2D eigenvalue weighted by atomic mass is 9.99. The molecule has 1 N–H and O–H groups in total. The normalized spacial score (nSPS) is 16.8. The number of rotatable bonds is 7. The van der Waals surface area contributed by atoms with Crippen LogP contribution in [0.3, 0.4) is 0 Å². The highest BCUT2D eigenvalue weighted by Gasteiger charge is 2.21. The number of aryl methyl sites for hydroxylation is 1. The zero-order valence-corrected chi connectivity index (χ0v) is 17.2. The van der Waals surface area contributed by atoms with Crippen molar-refractivity contribution in [3.05, 3.63) is 29.6 Å². The van der Waals surface area contributed by atoms with E-state index in [1.807, 2.05) is 25.1 Å². The fourth-order valence-electron chi connectivity index (χ4n) is 3.06. The number of hydrogen-bond donors (Lipinski definition) is 1. The number of ether oxygens (including phenoxy) is 2. The smallest absolute Gasteiger partial charge is 0.191 e. The predicted octanol–water partition coefficient (Wildman–Crippen LogP) is 3.19. The maximum atomic E-state index is 5.85. The SMILES string of the molecule is COc1cc(C)ccc1OCCSc1nnc(C2CCCNC2)n1C.Cl. The summed E-state index contributed by atoms with van der Waals surface area (Å²) in [6.45, 7) is 4.73. The van der Waals surface area contributed by atoms with Gasteiger partial charge in [0, 0.05) is 25.3 Å². The Morgan fingerprint density at radius 2 is 2.15 bits per heavy atom. The molecule has 6 nitrogen and oxygen atoms in total. The van der Waals surface area contributed by atoms with Gasteiger partial charge in [0.05, 0.1) is 13.7 Å². The van der Waals surface area contributed by atoms with Gasteiger partial charge in [0.15, 0.2) is 16.7 Å². The predicted molar refractivity (Wildman–Crippen MR) is 107 cm³/mol. The first kappa shape index (κ1) is 20.9. The molecule has 3 rings (SSSR count). The van der Waals surface area contributed by atoms with E-state index in [4.69, 9.17) is 9.47 Å². The van der Waals surface area contributed by atoms with Crippen molar-refractivity contribution in [1.29, 1.82) is 0 Å². The molecule has 0 aliphatic carbocycles. The molecule has 0 spiro atoms. The lowest BCUT2D eigenvalue weighted by Crippen LogP contribution is -2.29. The maximum Gasteiger partial charge on any atom is 0.191 e. The summed E-state index contributed by atoms with van der Waals surface area (Å²) in [6, 6.07) is 5.96. The highest BCUT2D eigenvalue weighted by molar-refractivity contribution is 7.99. The fourth-order valence-corrected chi connectivity index (χ4v) is 3.79. The van der Waals surface area contributed by atoms with Crippen LogP contribution in [0.1, 0.15) is 30.1 Å². The summed E-state index contributed by atoms with van der Waals surface area (Å²) in [7, 11) is 3.72. The van der Waals surface area contributed by atoms with E-state index in [0.717, 1.165) is 46.9 Å². The van der Waals surface area contributed by atoms with E-state index in [1.54, 1.807) is 18.9 Å². The zero-order chi connectivity index (χ0) is 17.6. The lowest BCUT2D eigenvalue weighted by molar-refractivity contribution is 0.313. The largest absolute Gasteiger partial charge is 0.493 e. The van der Waals surface area contributed by atoms with Gasteiger partial charge in [-0.1, -0.05) is 17.8 Å². The first-order chi connectivity index (χ1) is 12.2. The van der Waals surface area contributed by atoms with E-state index >= 15 is 0 Å². The van der Waals surface area contributed by atoms with Gasteiger partial charge < -0.3 is 19.4 Å². The quantitative estimate of drug-likeness (QED) is 0.571.